The van der Waals surface area contributed by atoms with Gasteiger partial charge in [0.1, 0.15) is 0 Å². The Balaban J connectivity index is 1.28. The first-order valence-corrected chi connectivity index (χ1v) is 10.7. The average Bonchev–Trinajstić information content (AvgIpc) is 3.17. The molecule has 1 aromatic heterocycles. The Morgan fingerprint density at radius 2 is 1.89 bits per heavy atom. The number of nitrogens with zero attached hydrogens (tertiary/aromatic N) is 4. The molecule has 2 aromatic rings. The highest BCUT2D eigenvalue weighted by molar-refractivity contribution is 7.99. The molecule has 1 saturated heterocycles. The van der Waals surface area contributed by atoms with Crippen molar-refractivity contribution in [1.82, 2.24) is 15.0 Å². The van der Waals surface area contributed by atoms with Crippen LogP contribution in [0.15, 0.2) is 33.7 Å². The lowest BCUT2D eigenvalue weighted by molar-refractivity contribution is -0.134. The van der Waals surface area contributed by atoms with Crippen molar-refractivity contribution in [2.45, 2.75) is 43.4 Å². The number of carbonyl (C=O) groups is 2. The van der Waals surface area contributed by atoms with Gasteiger partial charge < -0.3 is 14.3 Å². The van der Waals surface area contributed by atoms with Gasteiger partial charge in [-0.05, 0) is 31.9 Å². The van der Waals surface area contributed by atoms with Crippen molar-refractivity contribution >= 4 is 29.3 Å². The van der Waals surface area contributed by atoms with Crippen LogP contribution in [0, 0.1) is 6.92 Å². The fourth-order valence-corrected chi connectivity index (χ4v) is 4.78. The number of fused-ring (bicyclic) bond motifs is 1. The molecule has 1 aromatic carbocycles. The van der Waals surface area contributed by atoms with E-state index in [0.717, 1.165) is 29.2 Å². The third kappa shape index (κ3) is 4.06. The number of hydrogen-bond acceptors (Lipinski definition) is 6. The molecular formula is C20H24N4O3S. The Hall–Kier alpha value is -2.35. The first-order chi connectivity index (χ1) is 13.6. The average molecular weight is 401 g/mol. The molecule has 0 radical (unpaired) electrons. The predicted molar refractivity (Wildman–Crippen MR) is 106 cm³/mol. The highest BCUT2D eigenvalue weighted by Crippen LogP contribution is 2.34. The standard InChI is InChI=1S/C20H24N4O3S/c1-14-21-20(27-22-14)15-8-10-23(11-9-15)18(25)6-7-19(26)24-12-13-28-17-5-3-2-4-16(17)24/h2-5,15H,6-13H2,1H3. The van der Waals surface area contributed by atoms with Crippen molar-refractivity contribution in [1.29, 1.82) is 0 Å². The van der Waals surface area contributed by atoms with Crippen LogP contribution in [-0.4, -0.2) is 52.2 Å². The van der Waals surface area contributed by atoms with Crippen molar-refractivity contribution in [3.05, 3.63) is 36.0 Å². The van der Waals surface area contributed by atoms with Crippen molar-refractivity contribution in [3.8, 4) is 0 Å². The van der Waals surface area contributed by atoms with Gasteiger partial charge in [0.05, 0.1) is 5.69 Å². The maximum Gasteiger partial charge on any atom is 0.229 e. The van der Waals surface area contributed by atoms with Crippen LogP contribution in [0.4, 0.5) is 5.69 Å². The third-order valence-corrected chi connectivity index (χ3v) is 6.37. The molecule has 28 heavy (non-hydrogen) atoms. The minimum atomic E-state index is 0.0253. The summed E-state index contributed by atoms with van der Waals surface area (Å²) in [6.07, 6.45) is 2.14. The van der Waals surface area contributed by atoms with E-state index in [9.17, 15) is 9.59 Å². The summed E-state index contributed by atoms with van der Waals surface area (Å²) in [5.41, 5.74) is 0.965. The fraction of sp³-hybridized carbons (Fsp3) is 0.500. The molecule has 0 aliphatic carbocycles. The second-order valence-corrected chi connectivity index (χ2v) is 8.33. The van der Waals surface area contributed by atoms with Crippen molar-refractivity contribution in [3.63, 3.8) is 0 Å². The number of anilines is 1. The number of likely N-dealkylation sites (tertiary alicyclic amines) is 1. The van der Waals surface area contributed by atoms with E-state index in [4.69, 9.17) is 4.52 Å². The van der Waals surface area contributed by atoms with Gasteiger partial charge in [0.2, 0.25) is 17.7 Å². The van der Waals surface area contributed by atoms with Crippen molar-refractivity contribution in [2.75, 3.05) is 30.3 Å². The van der Waals surface area contributed by atoms with E-state index >= 15 is 0 Å². The number of aromatic nitrogens is 2. The quantitative estimate of drug-likeness (QED) is 0.785. The maximum atomic E-state index is 12.7. The molecule has 3 heterocycles. The summed E-state index contributed by atoms with van der Waals surface area (Å²) in [7, 11) is 0. The molecule has 148 valence electrons. The highest BCUT2D eigenvalue weighted by Gasteiger charge is 2.28. The van der Waals surface area contributed by atoms with Gasteiger partial charge in [-0.25, -0.2) is 0 Å². The van der Waals surface area contributed by atoms with Crippen LogP contribution in [0.3, 0.4) is 0 Å². The largest absolute Gasteiger partial charge is 0.343 e. The molecule has 0 saturated carbocycles. The van der Waals surface area contributed by atoms with Gasteiger partial charge >= 0.3 is 0 Å². The molecule has 2 aliphatic rings. The van der Waals surface area contributed by atoms with Crippen molar-refractivity contribution in [2.24, 2.45) is 0 Å². The monoisotopic (exact) mass is 400 g/mol. The zero-order chi connectivity index (χ0) is 19.5. The van der Waals surface area contributed by atoms with Gasteiger partial charge in [-0.3, -0.25) is 9.59 Å². The summed E-state index contributed by atoms with van der Waals surface area (Å²) in [5.74, 6) is 2.49. The van der Waals surface area contributed by atoms with Gasteiger partial charge in [-0.2, -0.15) is 4.98 Å². The van der Waals surface area contributed by atoms with Crippen LogP contribution >= 0.6 is 11.8 Å². The maximum absolute atomic E-state index is 12.7. The molecule has 0 atom stereocenters. The van der Waals surface area contributed by atoms with Gasteiger partial charge in [0.15, 0.2) is 5.82 Å². The second-order valence-electron chi connectivity index (χ2n) is 7.20. The summed E-state index contributed by atoms with van der Waals surface area (Å²) in [6.45, 7) is 3.84. The number of aryl methyl sites for hydroxylation is 1. The molecule has 0 N–H and O–H groups in total. The van der Waals surface area contributed by atoms with E-state index in [-0.39, 0.29) is 30.6 Å². The van der Waals surface area contributed by atoms with E-state index < -0.39 is 0 Å². The molecule has 0 bridgehead atoms. The molecule has 0 spiro atoms. The van der Waals surface area contributed by atoms with Crippen LogP contribution in [0.2, 0.25) is 0 Å². The molecule has 4 rings (SSSR count). The minimum Gasteiger partial charge on any atom is -0.343 e. The normalized spacial score (nSPS) is 17.5. The lowest BCUT2D eigenvalue weighted by Gasteiger charge is -2.31. The van der Waals surface area contributed by atoms with Crippen LogP contribution in [0.25, 0.3) is 0 Å². The number of hydrogen-bond donors (Lipinski definition) is 0. The summed E-state index contributed by atoms with van der Waals surface area (Å²) in [6, 6.07) is 7.96. The van der Waals surface area contributed by atoms with Crippen molar-refractivity contribution < 1.29 is 14.1 Å². The summed E-state index contributed by atoms with van der Waals surface area (Å²) < 4.78 is 5.26. The minimum absolute atomic E-state index is 0.0253. The van der Waals surface area contributed by atoms with Crippen LogP contribution in [-0.2, 0) is 9.59 Å². The molecule has 8 heteroatoms. The Labute approximate surface area is 168 Å². The van der Waals surface area contributed by atoms with Gasteiger partial charge in [-0.1, -0.05) is 17.3 Å². The van der Waals surface area contributed by atoms with E-state index in [1.807, 2.05) is 41.0 Å². The van der Waals surface area contributed by atoms with E-state index in [2.05, 4.69) is 10.1 Å². The number of rotatable bonds is 4. The Bertz CT molecular complexity index is 861. The first-order valence-electron chi connectivity index (χ1n) is 9.72. The fourth-order valence-electron chi connectivity index (χ4n) is 3.79. The first kappa shape index (κ1) is 19.0. The summed E-state index contributed by atoms with van der Waals surface area (Å²) in [4.78, 5) is 34.4. The predicted octanol–water partition coefficient (Wildman–Crippen LogP) is 3.00. The SMILES string of the molecule is Cc1noc(C2CCN(C(=O)CCC(=O)N3CCSc4ccccc43)CC2)n1. The number of para-hydroxylation sites is 1. The number of amides is 2. The van der Waals surface area contributed by atoms with Gasteiger partial charge in [0.25, 0.3) is 0 Å². The number of thioether (sulfide) groups is 1. The Morgan fingerprint density at radius 3 is 2.64 bits per heavy atom. The zero-order valence-corrected chi connectivity index (χ0v) is 16.8. The van der Waals surface area contributed by atoms with E-state index in [1.165, 1.54) is 0 Å². The number of benzene rings is 1. The topological polar surface area (TPSA) is 79.5 Å². The zero-order valence-electron chi connectivity index (χ0n) is 16.0. The molecular weight excluding hydrogens is 376 g/mol. The molecule has 2 amide bonds. The third-order valence-electron chi connectivity index (χ3n) is 5.32. The lowest BCUT2D eigenvalue weighted by Crippen LogP contribution is -2.39. The van der Waals surface area contributed by atoms with Crippen LogP contribution in [0.5, 0.6) is 0 Å². The Morgan fingerprint density at radius 1 is 1.14 bits per heavy atom. The second kappa shape index (κ2) is 8.34. The summed E-state index contributed by atoms with van der Waals surface area (Å²) in [5, 5.41) is 3.84. The van der Waals surface area contributed by atoms with E-state index in [0.29, 0.717) is 31.3 Å². The number of piperidine rings is 1. The van der Waals surface area contributed by atoms with Gasteiger partial charge in [-0.15, -0.1) is 11.8 Å². The van der Waals surface area contributed by atoms with Gasteiger partial charge in [0, 0.05) is 49.0 Å². The van der Waals surface area contributed by atoms with Crippen LogP contribution in [0.1, 0.15) is 43.3 Å². The molecule has 7 nitrogen and oxygen atoms in total. The molecule has 2 aliphatic heterocycles. The van der Waals surface area contributed by atoms with Crippen LogP contribution < -0.4 is 4.90 Å². The number of carbonyl (C=O) groups excluding carboxylic acids is 2. The highest BCUT2D eigenvalue weighted by atomic mass is 32.2. The van der Waals surface area contributed by atoms with E-state index in [1.54, 1.807) is 11.8 Å². The smallest absolute Gasteiger partial charge is 0.229 e. The Kier molecular flexibility index (Phi) is 5.66. The summed E-state index contributed by atoms with van der Waals surface area (Å²) >= 11 is 1.77. The lowest BCUT2D eigenvalue weighted by atomic mass is 9.96. The molecule has 1 fully saturated rings. The molecule has 0 unspecified atom stereocenters.